The zero-order chi connectivity index (χ0) is 14.4. The smallest absolute Gasteiger partial charge is 0.0716 e. The van der Waals surface area contributed by atoms with E-state index in [-0.39, 0.29) is 0 Å². The second kappa shape index (κ2) is 7.44. The Morgan fingerprint density at radius 3 is 2.40 bits per heavy atom. The van der Waals surface area contributed by atoms with Crippen LogP contribution in [0.5, 0.6) is 0 Å². The molecule has 0 amide bonds. The van der Waals surface area contributed by atoms with Crippen LogP contribution in [0.4, 0.5) is 0 Å². The van der Waals surface area contributed by atoms with Crippen molar-refractivity contribution in [2.24, 2.45) is 0 Å². The number of hydrogen-bond acceptors (Lipinski definition) is 2. The zero-order valence-electron chi connectivity index (χ0n) is 11.9. The lowest BCUT2D eigenvalue weighted by Crippen LogP contribution is -2.15. The van der Waals surface area contributed by atoms with Gasteiger partial charge in [0.25, 0.3) is 0 Å². The molecule has 2 nitrogen and oxygen atoms in total. The molecule has 1 N–H and O–H groups in total. The summed E-state index contributed by atoms with van der Waals surface area (Å²) in [5.41, 5.74) is 5.00. The highest BCUT2D eigenvalue weighted by atomic mass is 35.5. The van der Waals surface area contributed by atoms with Crippen LogP contribution in [0.1, 0.15) is 22.3 Å². The van der Waals surface area contributed by atoms with Gasteiger partial charge in [-0.15, -0.1) is 0 Å². The highest BCUT2D eigenvalue weighted by Gasteiger charge is 2.02. The number of halogens is 1. The minimum absolute atomic E-state index is 0.651. The Balaban J connectivity index is 1.96. The average Bonchev–Trinajstić information content (AvgIpc) is 2.43. The average molecular weight is 290 g/mol. The monoisotopic (exact) mass is 289 g/mol. The van der Waals surface area contributed by atoms with Gasteiger partial charge in [-0.25, -0.2) is 0 Å². The first-order valence-electron chi connectivity index (χ1n) is 6.72. The fraction of sp³-hybridized carbons (Fsp3) is 0.294. The van der Waals surface area contributed by atoms with E-state index in [0.29, 0.717) is 6.61 Å². The molecule has 0 spiro atoms. The Hall–Kier alpha value is -1.35. The number of ether oxygens (including phenoxy) is 1. The van der Waals surface area contributed by atoms with Crippen LogP contribution in [0, 0.1) is 6.92 Å². The lowest BCUT2D eigenvalue weighted by molar-refractivity contribution is 0.184. The van der Waals surface area contributed by atoms with E-state index in [2.05, 4.69) is 36.5 Å². The maximum absolute atomic E-state index is 5.97. The Labute approximate surface area is 125 Å². The van der Waals surface area contributed by atoms with E-state index in [1.54, 1.807) is 7.11 Å². The van der Waals surface area contributed by atoms with E-state index in [4.69, 9.17) is 16.3 Å². The summed E-state index contributed by atoms with van der Waals surface area (Å²) in [5, 5.41) is 4.27. The van der Waals surface area contributed by atoms with Gasteiger partial charge in [0.05, 0.1) is 6.61 Å². The van der Waals surface area contributed by atoms with Gasteiger partial charge in [0, 0.05) is 25.2 Å². The molecule has 0 saturated heterocycles. The summed E-state index contributed by atoms with van der Waals surface area (Å²) in [6.07, 6.45) is 0. The summed E-state index contributed by atoms with van der Waals surface area (Å²) in [6, 6.07) is 14.3. The van der Waals surface area contributed by atoms with Crippen LogP contribution in [0.25, 0.3) is 0 Å². The molecule has 3 heteroatoms. The topological polar surface area (TPSA) is 21.3 Å². The second-order valence-corrected chi connectivity index (χ2v) is 5.31. The van der Waals surface area contributed by atoms with E-state index in [9.17, 15) is 0 Å². The van der Waals surface area contributed by atoms with Crippen molar-refractivity contribution in [1.29, 1.82) is 0 Å². The Morgan fingerprint density at radius 1 is 1.00 bits per heavy atom. The minimum atomic E-state index is 0.651. The Morgan fingerprint density at radius 2 is 1.70 bits per heavy atom. The second-order valence-electron chi connectivity index (χ2n) is 4.88. The fourth-order valence-electron chi connectivity index (χ4n) is 2.22. The molecule has 0 heterocycles. The lowest BCUT2D eigenvalue weighted by Gasteiger charge is -2.11. The summed E-state index contributed by atoms with van der Waals surface area (Å²) in [6.45, 7) is 4.41. The van der Waals surface area contributed by atoms with Gasteiger partial charge in [-0.05, 0) is 41.3 Å². The van der Waals surface area contributed by atoms with Gasteiger partial charge in [0.1, 0.15) is 0 Å². The van der Waals surface area contributed by atoms with E-state index in [0.717, 1.165) is 18.1 Å². The molecule has 0 saturated carbocycles. The minimum Gasteiger partial charge on any atom is -0.380 e. The first-order valence-corrected chi connectivity index (χ1v) is 7.10. The molecule has 0 aliphatic carbocycles. The van der Waals surface area contributed by atoms with Gasteiger partial charge in [0.2, 0.25) is 0 Å². The first kappa shape index (κ1) is 15.0. The summed E-state index contributed by atoms with van der Waals surface area (Å²) in [7, 11) is 1.72. The molecule has 0 bridgehead atoms. The van der Waals surface area contributed by atoms with Gasteiger partial charge >= 0.3 is 0 Å². The van der Waals surface area contributed by atoms with Crippen LogP contribution in [0.15, 0.2) is 42.5 Å². The summed E-state index contributed by atoms with van der Waals surface area (Å²) < 4.78 is 5.22. The summed E-state index contributed by atoms with van der Waals surface area (Å²) in [4.78, 5) is 0. The normalized spacial score (nSPS) is 10.8. The maximum atomic E-state index is 5.97. The molecule has 2 aromatic rings. The third-order valence-corrected chi connectivity index (χ3v) is 3.59. The van der Waals surface area contributed by atoms with Gasteiger partial charge < -0.3 is 10.1 Å². The van der Waals surface area contributed by atoms with Crippen LogP contribution < -0.4 is 5.32 Å². The molecule has 0 aromatic heterocycles. The van der Waals surface area contributed by atoms with Gasteiger partial charge in [0.15, 0.2) is 0 Å². The quantitative estimate of drug-likeness (QED) is 0.865. The Bertz CT molecular complexity index is 569. The van der Waals surface area contributed by atoms with Gasteiger partial charge in [-0.2, -0.15) is 0 Å². The van der Waals surface area contributed by atoms with Crippen LogP contribution in [0.2, 0.25) is 5.02 Å². The van der Waals surface area contributed by atoms with Crippen LogP contribution in [0.3, 0.4) is 0 Å². The SMILES string of the molecule is COCc1ccccc1CNCc1ccc(Cl)cc1C. The largest absolute Gasteiger partial charge is 0.380 e. The first-order chi connectivity index (χ1) is 9.70. The predicted molar refractivity (Wildman–Crippen MR) is 83.9 cm³/mol. The standard InChI is InChI=1S/C17H20ClNO/c1-13-9-17(18)8-7-14(13)10-19-11-15-5-3-4-6-16(15)12-20-2/h3-9,19H,10-12H2,1-2H3. The molecular formula is C17H20ClNO. The molecule has 0 aliphatic rings. The molecule has 0 atom stereocenters. The van der Waals surface area contributed by atoms with Crippen molar-refractivity contribution in [3.63, 3.8) is 0 Å². The van der Waals surface area contributed by atoms with Crippen molar-refractivity contribution >= 4 is 11.6 Å². The van der Waals surface area contributed by atoms with Crippen molar-refractivity contribution < 1.29 is 4.74 Å². The van der Waals surface area contributed by atoms with Gasteiger partial charge in [-0.1, -0.05) is 41.9 Å². The number of aryl methyl sites for hydroxylation is 1. The zero-order valence-corrected chi connectivity index (χ0v) is 12.7. The number of methoxy groups -OCH3 is 1. The fourth-order valence-corrected chi connectivity index (χ4v) is 2.44. The number of nitrogens with one attached hydrogen (secondary N) is 1. The van der Waals surface area contributed by atoms with Crippen LogP contribution >= 0.6 is 11.6 Å². The number of benzene rings is 2. The third-order valence-electron chi connectivity index (χ3n) is 3.35. The molecule has 20 heavy (non-hydrogen) atoms. The molecule has 0 fully saturated rings. The molecule has 0 aliphatic heterocycles. The van der Waals surface area contributed by atoms with Crippen LogP contribution in [-0.2, 0) is 24.4 Å². The molecule has 106 valence electrons. The van der Waals surface area contributed by atoms with Crippen molar-refractivity contribution in [2.75, 3.05) is 7.11 Å². The molecule has 2 aromatic carbocycles. The Kier molecular flexibility index (Phi) is 5.60. The van der Waals surface area contributed by atoms with E-state index in [1.165, 1.54) is 22.3 Å². The van der Waals surface area contributed by atoms with Crippen molar-refractivity contribution in [3.05, 3.63) is 69.7 Å². The highest BCUT2D eigenvalue weighted by molar-refractivity contribution is 6.30. The summed E-state index contributed by atoms with van der Waals surface area (Å²) >= 11 is 5.97. The van der Waals surface area contributed by atoms with Crippen molar-refractivity contribution in [2.45, 2.75) is 26.6 Å². The van der Waals surface area contributed by atoms with Crippen molar-refractivity contribution in [1.82, 2.24) is 5.32 Å². The van der Waals surface area contributed by atoms with Gasteiger partial charge in [-0.3, -0.25) is 0 Å². The number of rotatable bonds is 6. The molecule has 0 unspecified atom stereocenters. The van der Waals surface area contributed by atoms with Crippen molar-refractivity contribution in [3.8, 4) is 0 Å². The molecular weight excluding hydrogens is 270 g/mol. The third kappa shape index (κ3) is 4.07. The maximum Gasteiger partial charge on any atom is 0.0716 e. The van der Waals surface area contributed by atoms with E-state index < -0.39 is 0 Å². The van der Waals surface area contributed by atoms with E-state index >= 15 is 0 Å². The molecule has 0 radical (unpaired) electrons. The van der Waals surface area contributed by atoms with Crippen LogP contribution in [-0.4, -0.2) is 7.11 Å². The lowest BCUT2D eigenvalue weighted by atomic mass is 10.1. The molecule has 2 rings (SSSR count). The predicted octanol–water partition coefficient (Wildman–Crippen LogP) is 4.08. The summed E-state index contributed by atoms with van der Waals surface area (Å²) in [5.74, 6) is 0. The highest BCUT2D eigenvalue weighted by Crippen LogP contribution is 2.15. The number of hydrogen-bond donors (Lipinski definition) is 1. The van der Waals surface area contributed by atoms with E-state index in [1.807, 2.05) is 18.2 Å².